The highest BCUT2D eigenvalue weighted by Crippen LogP contribution is 2.18. The van der Waals surface area contributed by atoms with Gasteiger partial charge >= 0.3 is 0 Å². The van der Waals surface area contributed by atoms with E-state index in [-0.39, 0.29) is 5.56 Å². The van der Waals surface area contributed by atoms with E-state index < -0.39 is 0 Å². The van der Waals surface area contributed by atoms with E-state index in [4.69, 9.17) is 0 Å². The zero-order valence-electron chi connectivity index (χ0n) is 10.4. The van der Waals surface area contributed by atoms with Crippen LogP contribution in [0.15, 0.2) is 15.5 Å². The van der Waals surface area contributed by atoms with E-state index in [0.717, 1.165) is 17.0 Å². The lowest BCUT2D eigenvalue weighted by molar-refractivity contribution is 0.730. The van der Waals surface area contributed by atoms with Gasteiger partial charge in [-0.3, -0.25) is 9.48 Å². The molecular formula is C11H14BrN5O. The zero-order chi connectivity index (χ0) is 13.3. The molecule has 0 aliphatic heterocycles. The number of halogens is 1. The smallest absolute Gasteiger partial charge is 0.280 e. The maximum absolute atomic E-state index is 11.4. The first-order chi connectivity index (χ1) is 8.50. The van der Waals surface area contributed by atoms with Crippen molar-refractivity contribution in [1.29, 1.82) is 0 Å². The van der Waals surface area contributed by atoms with Gasteiger partial charge in [0.05, 0.1) is 17.6 Å². The van der Waals surface area contributed by atoms with Crippen LogP contribution in [0.2, 0.25) is 0 Å². The number of nitrogens with one attached hydrogen (secondary N) is 2. The molecule has 0 bridgehead atoms. The van der Waals surface area contributed by atoms with Crippen LogP contribution in [0.25, 0.3) is 0 Å². The highest BCUT2D eigenvalue weighted by Gasteiger charge is 2.10. The molecule has 0 fully saturated rings. The molecule has 7 heteroatoms. The summed E-state index contributed by atoms with van der Waals surface area (Å²) in [5.41, 5.74) is 3.64. The molecule has 0 aromatic carbocycles. The molecule has 0 saturated heterocycles. The van der Waals surface area contributed by atoms with Crippen LogP contribution in [-0.4, -0.2) is 20.0 Å². The largest absolute Gasteiger partial charge is 0.378 e. The highest BCUT2D eigenvalue weighted by atomic mass is 79.9. The topological polar surface area (TPSA) is 75.6 Å². The number of hydrogen-bond acceptors (Lipinski definition) is 4. The number of rotatable bonds is 3. The summed E-state index contributed by atoms with van der Waals surface area (Å²) in [6.45, 7) is 4.59. The molecule has 0 unspecified atom stereocenters. The fourth-order valence-electron chi connectivity index (χ4n) is 1.76. The van der Waals surface area contributed by atoms with E-state index in [1.54, 1.807) is 6.20 Å². The monoisotopic (exact) mass is 311 g/mol. The molecule has 0 saturated carbocycles. The van der Waals surface area contributed by atoms with E-state index in [9.17, 15) is 4.79 Å². The minimum absolute atomic E-state index is 0.250. The van der Waals surface area contributed by atoms with Gasteiger partial charge in [0.25, 0.3) is 5.56 Å². The summed E-state index contributed by atoms with van der Waals surface area (Å²) in [5.74, 6) is 0. The van der Waals surface area contributed by atoms with Crippen molar-refractivity contribution in [3.63, 3.8) is 0 Å². The Morgan fingerprint density at radius 3 is 2.83 bits per heavy atom. The summed E-state index contributed by atoms with van der Waals surface area (Å²) in [7, 11) is 1.91. The number of anilines is 1. The van der Waals surface area contributed by atoms with Crippen LogP contribution < -0.4 is 10.9 Å². The standard InChI is InChI=1S/C11H14BrN5O/c1-6-8(7(2)17(3)16-6)4-13-9-5-14-15-11(18)10(9)12/h5H,4H2,1-3H3,(H2,13,15,18). The van der Waals surface area contributed by atoms with Crippen LogP contribution in [0.1, 0.15) is 17.0 Å². The number of nitrogens with zero attached hydrogens (tertiary/aromatic N) is 3. The van der Waals surface area contributed by atoms with Crippen molar-refractivity contribution in [2.24, 2.45) is 7.05 Å². The van der Waals surface area contributed by atoms with Crippen molar-refractivity contribution >= 4 is 21.6 Å². The lowest BCUT2D eigenvalue weighted by Gasteiger charge is -2.07. The van der Waals surface area contributed by atoms with E-state index in [2.05, 4.69) is 36.5 Å². The van der Waals surface area contributed by atoms with Crippen LogP contribution >= 0.6 is 15.9 Å². The fraction of sp³-hybridized carbons (Fsp3) is 0.364. The third-order valence-corrected chi connectivity index (χ3v) is 3.70. The molecule has 2 rings (SSSR count). The number of aryl methyl sites for hydroxylation is 2. The second-order valence-corrected chi connectivity index (χ2v) is 4.85. The van der Waals surface area contributed by atoms with Crippen molar-refractivity contribution in [3.05, 3.63) is 38.0 Å². The SMILES string of the molecule is Cc1nn(C)c(C)c1CNc1cn[nH]c(=O)c1Br. The predicted octanol–water partition coefficient (Wildman–Crippen LogP) is 1.49. The molecule has 96 valence electrons. The van der Waals surface area contributed by atoms with E-state index >= 15 is 0 Å². The van der Waals surface area contributed by atoms with Gasteiger partial charge < -0.3 is 5.32 Å². The minimum atomic E-state index is -0.250. The number of H-pyrrole nitrogens is 1. The molecule has 6 nitrogen and oxygen atoms in total. The van der Waals surface area contributed by atoms with Gasteiger partial charge in [0.1, 0.15) is 4.47 Å². The zero-order valence-corrected chi connectivity index (χ0v) is 12.0. The lowest BCUT2D eigenvalue weighted by Crippen LogP contribution is -2.12. The van der Waals surface area contributed by atoms with Gasteiger partial charge in [-0.05, 0) is 29.8 Å². The van der Waals surface area contributed by atoms with Gasteiger partial charge in [0.2, 0.25) is 0 Å². The van der Waals surface area contributed by atoms with E-state index in [1.165, 1.54) is 0 Å². The fourth-order valence-corrected chi connectivity index (χ4v) is 2.09. The molecule has 0 radical (unpaired) electrons. The van der Waals surface area contributed by atoms with Gasteiger partial charge in [0.15, 0.2) is 0 Å². The second kappa shape index (κ2) is 4.93. The first kappa shape index (κ1) is 12.8. The van der Waals surface area contributed by atoms with Gasteiger partial charge in [-0.25, -0.2) is 5.10 Å². The van der Waals surface area contributed by atoms with Crippen molar-refractivity contribution in [1.82, 2.24) is 20.0 Å². The van der Waals surface area contributed by atoms with Crippen molar-refractivity contribution in [3.8, 4) is 0 Å². The van der Waals surface area contributed by atoms with Gasteiger partial charge in [-0.15, -0.1) is 0 Å². The van der Waals surface area contributed by atoms with Crippen molar-refractivity contribution in [2.75, 3.05) is 5.32 Å². The summed E-state index contributed by atoms with van der Waals surface area (Å²) in [6, 6.07) is 0. The van der Waals surface area contributed by atoms with E-state index in [0.29, 0.717) is 16.7 Å². The average molecular weight is 312 g/mol. The first-order valence-electron chi connectivity index (χ1n) is 5.47. The molecule has 0 amide bonds. The Morgan fingerprint density at radius 2 is 2.22 bits per heavy atom. The number of hydrogen-bond donors (Lipinski definition) is 2. The predicted molar refractivity (Wildman–Crippen MR) is 72.6 cm³/mol. The minimum Gasteiger partial charge on any atom is -0.378 e. The average Bonchev–Trinajstić information content (AvgIpc) is 2.56. The van der Waals surface area contributed by atoms with Crippen molar-refractivity contribution in [2.45, 2.75) is 20.4 Å². The summed E-state index contributed by atoms with van der Waals surface area (Å²) >= 11 is 3.23. The van der Waals surface area contributed by atoms with Crippen LogP contribution in [0.3, 0.4) is 0 Å². The van der Waals surface area contributed by atoms with Gasteiger partial charge in [-0.1, -0.05) is 0 Å². The molecule has 0 spiro atoms. The Morgan fingerprint density at radius 1 is 1.50 bits per heavy atom. The molecular weight excluding hydrogens is 298 g/mol. The van der Waals surface area contributed by atoms with Crippen molar-refractivity contribution < 1.29 is 0 Å². The molecule has 2 N–H and O–H groups in total. The highest BCUT2D eigenvalue weighted by molar-refractivity contribution is 9.10. The number of aromatic nitrogens is 4. The third kappa shape index (κ3) is 2.31. The Hall–Kier alpha value is -1.63. The van der Waals surface area contributed by atoms with Crippen LogP contribution in [0, 0.1) is 13.8 Å². The molecule has 18 heavy (non-hydrogen) atoms. The molecule has 0 aliphatic carbocycles. The van der Waals surface area contributed by atoms with E-state index in [1.807, 2.05) is 25.6 Å². The van der Waals surface area contributed by atoms with Crippen LogP contribution in [0.4, 0.5) is 5.69 Å². The van der Waals surface area contributed by atoms with Gasteiger partial charge in [-0.2, -0.15) is 10.2 Å². The number of aromatic amines is 1. The quantitative estimate of drug-likeness (QED) is 0.900. The summed E-state index contributed by atoms with van der Waals surface area (Å²) in [6.07, 6.45) is 1.58. The molecule has 0 aliphatic rings. The molecule has 0 atom stereocenters. The second-order valence-electron chi connectivity index (χ2n) is 4.05. The molecule has 2 aromatic heterocycles. The molecule has 2 heterocycles. The first-order valence-corrected chi connectivity index (χ1v) is 6.26. The Bertz CT molecular complexity index is 631. The summed E-state index contributed by atoms with van der Waals surface area (Å²) in [5, 5.41) is 13.6. The third-order valence-electron chi connectivity index (χ3n) is 2.91. The summed E-state index contributed by atoms with van der Waals surface area (Å²) in [4.78, 5) is 11.4. The maximum Gasteiger partial charge on any atom is 0.280 e. The van der Waals surface area contributed by atoms with Crippen LogP contribution in [0.5, 0.6) is 0 Å². The summed E-state index contributed by atoms with van der Waals surface area (Å²) < 4.78 is 2.30. The van der Waals surface area contributed by atoms with Gasteiger partial charge in [0, 0.05) is 24.8 Å². The maximum atomic E-state index is 11.4. The van der Waals surface area contributed by atoms with Crippen LogP contribution in [-0.2, 0) is 13.6 Å². The Balaban J connectivity index is 2.22. The Labute approximate surface area is 113 Å². The molecule has 2 aromatic rings. The lowest BCUT2D eigenvalue weighted by atomic mass is 10.2. The Kier molecular flexibility index (Phi) is 3.51. The normalized spacial score (nSPS) is 10.7.